The first kappa shape index (κ1) is 14.4. The average molecular weight is 243 g/mol. The highest BCUT2D eigenvalue weighted by Crippen LogP contribution is 2.32. The van der Waals surface area contributed by atoms with Gasteiger partial charge in [-0.1, -0.05) is 33.1 Å². The molecule has 2 heteroatoms. The van der Waals surface area contributed by atoms with Crippen molar-refractivity contribution in [2.45, 2.75) is 82.3 Å². The van der Waals surface area contributed by atoms with E-state index in [4.69, 9.17) is 0 Å². The topological polar surface area (TPSA) is 12.0 Å². The summed E-state index contributed by atoms with van der Waals surface area (Å²) in [6.45, 7) is 8.14. The summed E-state index contributed by atoms with van der Waals surface area (Å²) >= 11 is 2.24. The second kappa shape index (κ2) is 8.41. The minimum atomic E-state index is 0.686. The van der Waals surface area contributed by atoms with E-state index >= 15 is 0 Å². The van der Waals surface area contributed by atoms with Crippen molar-refractivity contribution in [3.63, 3.8) is 0 Å². The predicted molar refractivity (Wildman–Crippen MR) is 76.3 cm³/mol. The summed E-state index contributed by atoms with van der Waals surface area (Å²) in [6, 6.07) is 0.686. The third-order valence-electron chi connectivity index (χ3n) is 3.41. The van der Waals surface area contributed by atoms with E-state index in [0.29, 0.717) is 6.04 Å². The molecule has 1 fully saturated rings. The molecule has 16 heavy (non-hydrogen) atoms. The van der Waals surface area contributed by atoms with Crippen molar-refractivity contribution in [1.82, 2.24) is 5.32 Å². The van der Waals surface area contributed by atoms with Crippen LogP contribution < -0.4 is 5.32 Å². The fourth-order valence-corrected chi connectivity index (χ4v) is 4.22. The maximum Gasteiger partial charge on any atom is 0.00497 e. The van der Waals surface area contributed by atoms with Crippen molar-refractivity contribution < 1.29 is 0 Å². The van der Waals surface area contributed by atoms with Crippen molar-refractivity contribution in [1.29, 1.82) is 0 Å². The molecule has 1 aliphatic carbocycles. The fourth-order valence-electron chi connectivity index (χ4n) is 2.56. The van der Waals surface area contributed by atoms with E-state index in [2.05, 4.69) is 37.8 Å². The van der Waals surface area contributed by atoms with Crippen LogP contribution in [-0.4, -0.2) is 23.1 Å². The molecule has 0 spiro atoms. The zero-order valence-electron chi connectivity index (χ0n) is 11.3. The van der Waals surface area contributed by atoms with Gasteiger partial charge in [0.05, 0.1) is 0 Å². The van der Waals surface area contributed by atoms with Crippen LogP contribution in [0.4, 0.5) is 0 Å². The van der Waals surface area contributed by atoms with Crippen LogP contribution in [-0.2, 0) is 0 Å². The fraction of sp³-hybridized carbons (Fsp3) is 1.00. The molecule has 0 radical (unpaired) electrons. The summed E-state index contributed by atoms with van der Waals surface area (Å²) in [7, 11) is 0. The molecule has 0 heterocycles. The van der Waals surface area contributed by atoms with Crippen LogP contribution >= 0.6 is 11.8 Å². The smallest absolute Gasteiger partial charge is 0.00497 e. The van der Waals surface area contributed by atoms with Crippen LogP contribution in [0, 0.1) is 0 Å². The molecule has 2 unspecified atom stereocenters. The summed E-state index contributed by atoms with van der Waals surface area (Å²) in [5.74, 6) is 0. The minimum absolute atomic E-state index is 0.686. The van der Waals surface area contributed by atoms with Gasteiger partial charge >= 0.3 is 0 Å². The summed E-state index contributed by atoms with van der Waals surface area (Å²) in [6.07, 6.45) is 9.90. The maximum atomic E-state index is 3.59. The number of nitrogens with one attached hydrogen (secondary N) is 1. The molecule has 1 nitrogen and oxygen atoms in total. The standard InChI is InChI=1S/C14H29NS/c1-4-10-15-12(2)11-13(3)16-14-8-6-5-7-9-14/h12-15H,4-11H2,1-3H3. The molecule has 1 saturated carbocycles. The molecule has 0 aromatic heterocycles. The Morgan fingerprint density at radius 1 is 1.19 bits per heavy atom. The molecular weight excluding hydrogens is 214 g/mol. The Labute approximate surface area is 106 Å². The molecule has 2 atom stereocenters. The van der Waals surface area contributed by atoms with Gasteiger partial charge in [-0.15, -0.1) is 0 Å². The zero-order chi connectivity index (χ0) is 11.8. The van der Waals surface area contributed by atoms with Crippen molar-refractivity contribution in [2.24, 2.45) is 0 Å². The van der Waals surface area contributed by atoms with Crippen LogP contribution in [0.5, 0.6) is 0 Å². The SMILES string of the molecule is CCCNC(C)CC(C)SC1CCCCC1. The van der Waals surface area contributed by atoms with E-state index in [0.717, 1.165) is 10.5 Å². The average Bonchev–Trinajstić information content (AvgIpc) is 2.27. The summed E-state index contributed by atoms with van der Waals surface area (Å²) in [4.78, 5) is 0. The Kier molecular flexibility index (Phi) is 7.55. The number of rotatable bonds is 7. The van der Waals surface area contributed by atoms with E-state index < -0.39 is 0 Å². The molecule has 0 amide bonds. The molecule has 1 rings (SSSR count). The molecule has 0 aliphatic heterocycles. The monoisotopic (exact) mass is 243 g/mol. The van der Waals surface area contributed by atoms with Crippen LogP contribution in [0.25, 0.3) is 0 Å². The third-order valence-corrected chi connectivity index (χ3v) is 4.92. The van der Waals surface area contributed by atoms with Crippen molar-refractivity contribution >= 4 is 11.8 Å². The molecule has 0 bridgehead atoms. The normalized spacial score (nSPS) is 21.9. The quantitative estimate of drug-likeness (QED) is 0.718. The Morgan fingerprint density at radius 2 is 1.88 bits per heavy atom. The van der Waals surface area contributed by atoms with Crippen LogP contribution in [0.15, 0.2) is 0 Å². The summed E-state index contributed by atoms with van der Waals surface area (Å²) in [5, 5.41) is 5.37. The molecule has 0 saturated heterocycles. The van der Waals surface area contributed by atoms with Gasteiger partial charge in [0.25, 0.3) is 0 Å². The van der Waals surface area contributed by atoms with Gasteiger partial charge in [-0.05, 0) is 39.2 Å². The van der Waals surface area contributed by atoms with E-state index in [1.807, 2.05) is 0 Å². The molecular formula is C14H29NS. The van der Waals surface area contributed by atoms with E-state index in [1.54, 1.807) is 0 Å². The zero-order valence-corrected chi connectivity index (χ0v) is 12.1. The van der Waals surface area contributed by atoms with Crippen molar-refractivity contribution in [3.05, 3.63) is 0 Å². The van der Waals surface area contributed by atoms with Gasteiger partial charge in [0, 0.05) is 16.5 Å². The Morgan fingerprint density at radius 3 is 2.50 bits per heavy atom. The predicted octanol–water partition coefficient (Wildman–Crippen LogP) is 4.22. The molecule has 96 valence electrons. The molecule has 0 aromatic rings. The second-order valence-corrected chi connectivity index (χ2v) is 7.04. The number of hydrogen-bond acceptors (Lipinski definition) is 2. The summed E-state index contributed by atoms with van der Waals surface area (Å²) < 4.78 is 0. The van der Waals surface area contributed by atoms with Gasteiger partial charge in [0.1, 0.15) is 0 Å². The van der Waals surface area contributed by atoms with Gasteiger partial charge in [-0.25, -0.2) is 0 Å². The lowest BCUT2D eigenvalue weighted by molar-refractivity contribution is 0.501. The Balaban J connectivity index is 2.11. The van der Waals surface area contributed by atoms with E-state index in [1.165, 1.54) is 51.5 Å². The largest absolute Gasteiger partial charge is 0.314 e. The Bertz CT molecular complexity index is 166. The van der Waals surface area contributed by atoms with Crippen molar-refractivity contribution in [2.75, 3.05) is 6.54 Å². The first-order valence-electron chi connectivity index (χ1n) is 7.11. The second-order valence-electron chi connectivity index (χ2n) is 5.30. The lowest BCUT2D eigenvalue weighted by Gasteiger charge is -2.26. The van der Waals surface area contributed by atoms with Crippen LogP contribution in [0.2, 0.25) is 0 Å². The van der Waals surface area contributed by atoms with Gasteiger partial charge in [-0.2, -0.15) is 11.8 Å². The highest BCUT2D eigenvalue weighted by atomic mass is 32.2. The highest BCUT2D eigenvalue weighted by molar-refractivity contribution is 8.00. The Hall–Kier alpha value is 0.310. The van der Waals surface area contributed by atoms with E-state index in [9.17, 15) is 0 Å². The van der Waals surface area contributed by atoms with E-state index in [-0.39, 0.29) is 0 Å². The van der Waals surface area contributed by atoms with Crippen LogP contribution in [0.1, 0.15) is 65.7 Å². The lowest BCUT2D eigenvalue weighted by Crippen LogP contribution is -2.29. The minimum Gasteiger partial charge on any atom is -0.314 e. The number of hydrogen-bond donors (Lipinski definition) is 1. The van der Waals surface area contributed by atoms with Crippen LogP contribution in [0.3, 0.4) is 0 Å². The number of thioether (sulfide) groups is 1. The van der Waals surface area contributed by atoms with Gasteiger partial charge < -0.3 is 5.32 Å². The van der Waals surface area contributed by atoms with Gasteiger partial charge in [0.15, 0.2) is 0 Å². The van der Waals surface area contributed by atoms with Crippen molar-refractivity contribution in [3.8, 4) is 0 Å². The first-order chi connectivity index (χ1) is 7.72. The lowest BCUT2D eigenvalue weighted by atomic mass is 10.0. The summed E-state index contributed by atoms with van der Waals surface area (Å²) in [5.41, 5.74) is 0. The molecule has 1 N–H and O–H groups in total. The maximum absolute atomic E-state index is 3.59. The van der Waals surface area contributed by atoms with Gasteiger partial charge in [0.2, 0.25) is 0 Å². The highest BCUT2D eigenvalue weighted by Gasteiger charge is 2.17. The van der Waals surface area contributed by atoms with Gasteiger partial charge in [-0.3, -0.25) is 0 Å². The first-order valence-corrected chi connectivity index (χ1v) is 8.05. The molecule has 0 aromatic carbocycles. The molecule has 1 aliphatic rings. The third kappa shape index (κ3) is 6.15.